The summed E-state index contributed by atoms with van der Waals surface area (Å²) in [5.41, 5.74) is 1.07. The van der Waals surface area contributed by atoms with Gasteiger partial charge in [0.2, 0.25) is 0 Å². The lowest BCUT2D eigenvalue weighted by molar-refractivity contribution is 0.0910. The first-order valence-electron chi connectivity index (χ1n) is 7.47. The van der Waals surface area contributed by atoms with Crippen LogP contribution in [-0.2, 0) is 11.3 Å². The summed E-state index contributed by atoms with van der Waals surface area (Å²) in [5.74, 6) is 0. The molecule has 0 heterocycles. The fraction of sp³-hybridized carbons (Fsp3) is 0.353. The molecular formula is C17H22N2O3. The molecule has 5 heteroatoms. The molecule has 2 aromatic carbocycles. The normalized spacial score (nSPS) is 10.6. The molecular weight excluding hydrogens is 280 g/mol. The van der Waals surface area contributed by atoms with Gasteiger partial charge in [0.05, 0.1) is 13.2 Å². The predicted octanol–water partition coefficient (Wildman–Crippen LogP) is 2.04. The summed E-state index contributed by atoms with van der Waals surface area (Å²) >= 11 is 0. The average molecular weight is 302 g/mol. The maximum absolute atomic E-state index is 11.7. The van der Waals surface area contributed by atoms with Gasteiger partial charge in [0, 0.05) is 19.7 Å². The first-order chi connectivity index (χ1) is 10.8. The molecule has 0 spiro atoms. The Morgan fingerprint density at radius 1 is 1.05 bits per heavy atom. The molecule has 0 aliphatic carbocycles. The Labute approximate surface area is 130 Å². The highest BCUT2D eigenvalue weighted by Gasteiger charge is 2.01. The van der Waals surface area contributed by atoms with Gasteiger partial charge in [0.25, 0.3) is 0 Å². The van der Waals surface area contributed by atoms with Gasteiger partial charge in [-0.05, 0) is 28.8 Å². The molecule has 22 heavy (non-hydrogen) atoms. The van der Waals surface area contributed by atoms with E-state index in [1.807, 2.05) is 18.2 Å². The van der Waals surface area contributed by atoms with Crippen LogP contribution in [-0.4, -0.2) is 37.5 Å². The third-order valence-corrected chi connectivity index (χ3v) is 3.25. The van der Waals surface area contributed by atoms with Gasteiger partial charge in [0.15, 0.2) is 0 Å². The molecule has 0 aromatic heterocycles. The standard InChI is InChI=1S/C17H22N2O3/c20-9-11-22-10-3-8-18-17(21)19-13-14-6-7-15-4-1-2-5-16(15)12-14/h1-2,4-7,12,20H,3,8-11,13H2,(H2,18,19,21). The molecule has 2 rings (SSSR count). The fourth-order valence-electron chi connectivity index (χ4n) is 2.14. The molecule has 2 aromatic rings. The number of amides is 2. The first kappa shape index (κ1) is 16.3. The Morgan fingerprint density at radius 3 is 2.68 bits per heavy atom. The van der Waals surface area contributed by atoms with Crippen LogP contribution >= 0.6 is 0 Å². The summed E-state index contributed by atoms with van der Waals surface area (Å²) in [7, 11) is 0. The van der Waals surface area contributed by atoms with Crippen molar-refractivity contribution in [3.63, 3.8) is 0 Å². The van der Waals surface area contributed by atoms with Crippen LogP contribution in [0.25, 0.3) is 10.8 Å². The Bertz CT molecular complexity index is 601. The quantitative estimate of drug-likeness (QED) is 0.654. The summed E-state index contributed by atoms with van der Waals surface area (Å²) in [4.78, 5) is 11.7. The van der Waals surface area contributed by atoms with E-state index in [0.717, 1.165) is 12.0 Å². The van der Waals surface area contributed by atoms with Crippen LogP contribution in [0.3, 0.4) is 0 Å². The van der Waals surface area contributed by atoms with Crippen LogP contribution in [0.1, 0.15) is 12.0 Å². The maximum atomic E-state index is 11.7. The molecule has 3 N–H and O–H groups in total. The van der Waals surface area contributed by atoms with E-state index in [1.165, 1.54) is 10.8 Å². The first-order valence-corrected chi connectivity index (χ1v) is 7.47. The van der Waals surface area contributed by atoms with Crippen LogP contribution in [0.5, 0.6) is 0 Å². The molecule has 0 unspecified atom stereocenters. The van der Waals surface area contributed by atoms with Gasteiger partial charge in [0.1, 0.15) is 0 Å². The van der Waals surface area contributed by atoms with E-state index in [-0.39, 0.29) is 12.6 Å². The number of benzene rings is 2. The molecule has 0 bridgehead atoms. The number of fused-ring (bicyclic) bond motifs is 1. The van der Waals surface area contributed by atoms with Crippen LogP contribution in [0.4, 0.5) is 4.79 Å². The Morgan fingerprint density at radius 2 is 1.86 bits per heavy atom. The second-order valence-electron chi connectivity index (χ2n) is 4.98. The van der Waals surface area contributed by atoms with Crippen LogP contribution in [0, 0.1) is 0 Å². The van der Waals surface area contributed by atoms with E-state index < -0.39 is 0 Å². The zero-order valence-electron chi connectivity index (χ0n) is 12.5. The summed E-state index contributed by atoms with van der Waals surface area (Å²) in [5, 5.41) is 16.5. The highest BCUT2D eigenvalue weighted by Crippen LogP contribution is 2.15. The summed E-state index contributed by atoms with van der Waals surface area (Å²) in [6, 6.07) is 14.1. The van der Waals surface area contributed by atoms with E-state index in [2.05, 4.69) is 34.9 Å². The number of aliphatic hydroxyl groups excluding tert-OH is 1. The van der Waals surface area contributed by atoms with E-state index in [1.54, 1.807) is 0 Å². The Hall–Kier alpha value is -2.11. The number of carbonyl (C=O) groups is 1. The second kappa shape index (κ2) is 9.02. The van der Waals surface area contributed by atoms with Gasteiger partial charge in [-0.1, -0.05) is 36.4 Å². The maximum Gasteiger partial charge on any atom is 0.315 e. The largest absolute Gasteiger partial charge is 0.394 e. The van der Waals surface area contributed by atoms with Gasteiger partial charge in [-0.15, -0.1) is 0 Å². The lowest BCUT2D eigenvalue weighted by atomic mass is 10.1. The van der Waals surface area contributed by atoms with Crippen LogP contribution in [0.15, 0.2) is 42.5 Å². The molecule has 0 fully saturated rings. The van der Waals surface area contributed by atoms with Crippen molar-refractivity contribution in [3.05, 3.63) is 48.0 Å². The minimum atomic E-state index is -0.185. The monoisotopic (exact) mass is 302 g/mol. The fourth-order valence-corrected chi connectivity index (χ4v) is 2.14. The minimum absolute atomic E-state index is 0.0275. The molecule has 0 saturated carbocycles. The molecule has 0 radical (unpaired) electrons. The topological polar surface area (TPSA) is 70.6 Å². The van der Waals surface area contributed by atoms with Gasteiger partial charge in [-0.25, -0.2) is 4.79 Å². The van der Waals surface area contributed by atoms with E-state index >= 15 is 0 Å². The van der Waals surface area contributed by atoms with Gasteiger partial charge in [-0.3, -0.25) is 0 Å². The molecule has 118 valence electrons. The smallest absolute Gasteiger partial charge is 0.315 e. The number of ether oxygens (including phenoxy) is 1. The highest BCUT2D eigenvalue weighted by atomic mass is 16.5. The number of nitrogens with one attached hydrogen (secondary N) is 2. The van der Waals surface area contributed by atoms with Gasteiger partial charge in [-0.2, -0.15) is 0 Å². The Kier molecular flexibility index (Phi) is 6.67. The number of aliphatic hydroxyl groups is 1. The number of hydrogen-bond donors (Lipinski definition) is 3. The minimum Gasteiger partial charge on any atom is -0.394 e. The lowest BCUT2D eigenvalue weighted by Crippen LogP contribution is -2.35. The van der Waals surface area contributed by atoms with Gasteiger partial charge >= 0.3 is 6.03 Å². The molecule has 0 aliphatic rings. The summed E-state index contributed by atoms with van der Waals surface area (Å²) in [6.07, 6.45) is 0.726. The van der Waals surface area contributed by atoms with Crippen LogP contribution in [0.2, 0.25) is 0 Å². The van der Waals surface area contributed by atoms with Crippen LogP contribution < -0.4 is 10.6 Å². The van der Waals surface area contributed by atoms with Crippen molar-refractivity contribution in [2.45, 2.75) is 13.0 Å². The van der Waals surface area contributed by atoms with Gasteiger partial charge < -0.3 is 20.5 Å². The predicted molar refractivity (Wildman–Crippen MR) is 86.7 cm³/mol. The number of urea groups is 1. The number of carbonyl (C=O) groups excluding carboxylic acids is 1. The zero-order valence-corrected chi connectivity index (χ0v) is 12.5. The van der Waals surface area contributed by atoms with E-state index in [9.17, 15) is 4.79 Å². The Balaban J connectivity index is 1.69. The van der Waals surface area contributed by atoms with Crippen molar-refractivity contribution in [2.75, 3.05) is 26.4 Å². The van der Waals surface area contributed by atoms with Crippen molar-refractivity contribution in [2.24, 2.45) is 0 Å². The highest BCUT2D eigenvalue weighted by molar-refractivity contribution is 5.83. The molecule has 5 nitrogen and oxygen atoms in total. The van der Waals surface area contributed by atoms with Crippen molar-refractivity contribution in [3.8, 4) is 0 Å². The number of hydrogen-bond acceptors (Lipinski definition) is 3. The number of rotatable bonds is 8. The third-order valence-electron chi connectivity index (χ3n) is 3.25. The molecule has 0 aliphatic heterocycles. The molecule has 0 saturated heterocycles. The SMILES string of the molecule is O=C(NCCCOCCO)NCc1ccc2ccccc2c1. The summed E-state index contributed by atoms with van der Waals surface area (Å²) in [6.45, 7) is 1.95. The van der Waals surface area contributed by atoms with Crippen molar-refractivity contribution >= 4 is 16.8 Å². The van der Waals surface area contributed by atoms with Crippen molar-refractivity contribution < 1.29 is 14.6 Å². The molecule has 2 amide bonds. The summed E-state index contributed by atoms with van der Waals surface area (Å²) < 4.78 is 5.11. The second-order valence-corrected chi connectivity index (χ2v) is 4.98. The zero-order chi connectivity index (χ0) is 15.6. The van der Waals surface area contributed by atoms with Crippen molar-refractivity contribution in [1.29, 1.82) is 0 Å². The molecule has 0 atom stereocenters. The average Bonchev–Trinajstić information content (AvgIpc) is 2.56. The lowest BCUT2D eigenvalue weighted by Gasteiger charge is -2.08. The van der Waals surface area contributed by atoms with Crippen molar-refractivity contribution in [1.82, 2.24) is 10.6 Å². The van der Waals surface area contributed by atoms with E-state index in [0.29, 0.717) is 26.3 Å². The third kappa shape index (κ3) is 5.35. The van der Waals surface area contributed by atoms with E-state index in [4.69, 9.17) is 9.84 Å².